The lowest BCUT2D eigenvalue weighted by molar-refractivity contribution is 0.511. The molecule has 126 valence electrons. The third kappa shape index (κ3) is 17.7. The summed E-state index contributed by atoms with van der Waals surface area (Å²) in [5, 5.41) is 0. The summed E-state index contributed by atoms with van der Waals surface area (Å²) in [5.74, 6) is 0.885. The van der Waals surface area contributed by atoms with Gasteiger partial charge < -0.3 is 0 Å². The highest BCUT2D eigenvalue weighted by Gasteiger charge is 1.98. The molecule has 0 fully saturated rings. The summed E-state index contributed by atoms with van der Waals surface area (Å²) in [5.41, 5.74) is 1.50. The Balaban J connectivity index is 3.16. The normalized spacial score (nSPS) is 11.2. The van der Waals surface area contributed by atoms with E-state index in [1.165, 1.54) is 102 Å². The van der Waals surface area contributed by atoms with Crippen LogP contribution in [0, 0.1) is 5.92 Å². The molecule has 0 N–H and O–H groups in total. The van der Waals surface area contributed by atoms with Gasteiger partial charge in [-0.05, 0) is 31.6 Å². The zero-order valence-electron chi connectivity index (χ0n) is 15.4. The Morgan fingerprint density at radius 1 is 0.667 bits per heavy atom. The van der Waals surface area contributed by atoms with Gasteiger partial charge in [-0.3, -0.25) is 0 Å². The summed E-state index contributed by atoms with van der Waals surface area (Å²) in [7, 11) is 0. The van der Waals surface area contributed by atoms with Gasteiger partial charge in [-0.15, -0.1) is 0 Å². The molecule has 0 heterocycles. The minimum Gasteiger partial charge on any atom is -0.0999 e. The van der Waals surface area contributed by atoms with Crippen molar-refractivity contribution in [2.75, 3.05) is 0 Å². The summed E-state index contributed by atoms with van der Waals surface area (Å²) >= 11 is 0. The monoisotopic (exact) mass is 294 g/mol. The molecule has 0 spiro atoms. The number of hydrogen-bond acceptors (Lipinski definition) is 0. The van der Waals surface area contributed by atoms with E-state index < -0.39 is 0 Å². The van der Waals surface area contributed by atoms with Crippen molar-refractivity contribution in [1.29, 1.82) is 0 Å². The highest BCUT2D eigenvalue weighted by molar-refractivity contribution is 4.93. The van der Waals surface area contributed by atoms with Crippen LogP contribution < -0.4 is 0 Å². The first-order valence-electron chi connectivity index (χ1n) is 9.83. The van der Waals surface area contributed by atoms with Crippen molar-refractivity contribution in [3.05, 3.63) is 12.2 Å². The number of hydrogen-bond donors (Lipinski definition) is 0. The predicted octanol–water partition coefficient (Wildman–Crippen LogP) is 8.07. The Hall–Kier alpha value is -0.260. The summed E-state index contributed by atoms with van der Waals surface area (Å²) in [6.07, 6.45) is 20.9. The van der Waals surface area contributed by atoms with Crippen molar-refractivity contribution in [1.82, 2.24) is 0 Å². The average Bonchev–Trinajstić information content (AvgIpc) is 2.45. The predicted molar refractivity (Wildman–Crippen MR) is 98.9 cm³/mol. The van der Waals surface area contributed by atoms with E-state index in [4.69, 9.17) is 0 Å². The van der Waals surface area contributed by atoms with Gasteiger partial charge in [0, 0.05) is 0 Å². The van der Waals surface area contributed by atoms with Crippen molar-refractivity contribution in [2.24, 2.45) is 5.92 Å². The largest absolute Gasteiger partial charge is 0.0999 e. The molecular weight excluding hydrogens is 252 g/mol. The smallest absolute Gasteiger partial charge is 0.0323 e. The molecule has 0 atom stereocenters. The Labute approximate surface area is 135 Å². The van der Waals surface area contributed by atoms with Crippen LogP contribution in [0.1, 0.15) is 117 Å². The van der Waals surface area contributed by atoms with Crippen LogP contribution >= 0.6 is 0 Å². The third-order valence-electron chi connectivity index (χ3n) is 4.45. The zero-order chi connectivity index (χ0) is 15.8. The quantitative estimate of drug-likeness (QED) is 0.199. The Morgan fingerprint density at radius 2 is 1.10 bits per heavy atom. The fraction of sp³-hybridized carbons (Fsp3) is 0.905. The van der Waals surface area contributed by atoms with Crippen molar-refractivity contribution in [3.63, 3.8) is 0 Å². The second-order valence-corrected chi connectivity index (χ2v) is 7.32. The van der Waals surface area contributed by atoms with E-state index in [0.717, 1.165) is 5.92 Å². The Kier molecular flexibility index (Phi) is 15.9. The lowest BCUT2D eigenvalue weighted by atomic mass is 10.00. The first kappa shape index (κ1) is 20.7. The van der Waals surface area contributed by atoms with Crippen LogP contribution in [0.25, 0.3) is 0 Å². The molecule has 0 aromatic carbocycles. The lowest BCUT2D eigenvalue weighted by Crippen LogP contribution is -1.88. The number of rotatable bonds is 16. The van der Waals surface area contributed by atoms with Crippen LogP contribution in [0.2, 0.25) is 0 Å². The summed E-state index contributed by atoms with van der Waals surface area (Å²) < 4.78 is 0. The summed E-state index contributed by atoms with van der Waals surface area (Å²) in [6, 6.07) is 0. The SMILES string of the molecule is C=C(CCCCCCCC)CCCCCCCCC(C)C. The van der Waals surface area contributed by atoms with Gasteiger partial charge >= 0.3 is 0 Å². The van der Waals surface area contributed by atoms with Gasteiger partial charge in [-0.2, -0.15) is 0 Å². The molecule has 0 aromatic heterocycles. The molecule has 0 nitrogen and oxygen atoms in total. The minimum atomic E-state index is 0.885. The van der Waals surface area contributed by atoms with Crippen LogP contribution in [-0.2, 0) is 0 Å². The van der Waals surface area contributed by atoms with E-state index in [2.05, 4.69) is 27.4 Å². The molecule has 0 saturated heterocycles. The molecule has 0 aromatic rings. The molecule has 0 amide bonds. The van der Waals surface area contributed by atoms with Crippen molar-refractivity contribution < 1.29 is 0 Å². The van der Waals surface area contributed by atoms with E-state index in [-0.39, 0.29) is 0 Å². The fourth-order valence-corrected chi connectivity index (χ4v) is 2.92. The van der Waals surface area contributed by atoms with Crippen molar-refractivity contribution in [3.8, 4) is 0 Å². The van der Waals surface area contributed by atoms with Crippen molar-refractivity contribution in [2.45, 2.75) is 117 Å². The van der Waals surface area contributed by atoms with Gasteiger partial charge in [0.25, 0.3) is 0 Å². The molecule has 0 rings (SSSR count). The van der Waals surface area contributed by atoms with Crippen LogP contribution in [0.15, 0.2) is 12.2 Å². The Bertz CT molecular complexity index is 214. The molecule has 21 heavy (non-hydrogen) atoms. The zero-order valence-corrected chi connectivity index (χ0v) is 15.4. The van der Waals surface area contributed by atoms with E-state index in [9.17, 15) is 0 Å². The Morgan fingerprint density at radius 3 is 1.57 bits per heavy atom. The average molecular weight is 295 g/mol. The molecule has 0 radical (unpaired) electrons. The molecule has 0 aliphatic rings. The maximum absolute atomic E-state index is 4.26. The van der Waals surface area contributed by atoms with E-state index in [1.807, 2.05) is 0 Å². The summed E-state index contributed by atoms with van der Waals surface area (Å²) in [4.78, 5) is 0. The molecule has 0 bridgehead atoms. The minimum absolute atomic E-state index is 0.885. The van der Waals surface area contributed by atoms with E-state index in [1.54, 1.807) is 0 Å². The van der Waals surface area contributed by atoms with Gasteiger partial charge in [0.15, 0.2) is 0 Å². The van der Waals surface area contributed by atoms with Gasteiger partial charge in [-0.25, -0.2) is 0 Å². The second kappa shape index (κ2) is 16.1. The first-order valence-corrected chi connectivity index (χ1v) is 9.83. The third-order valence-corrected chi connectivity index (χ3v) is 4.45. The maximum atomic E-state index is 4.26. The first-order chi connectivity index (χ1) is 10.2. The highest BCUT2D eigenvalue weighted by Crippen LogP contribution is 2.17. The maximum Gasteiger partial charge on any atom is -0.0323 e. The molecule has 0 heteroatoms. The van der Waals surface area contributed by atoms with Crippen molar-refractivity contribution >= 4 is 0 Å². The van der Waals surface area contributed by atoms with E-state index >= 15 is 0 Å². The highest BCUT2D eigenvalue weighted by atomic mass is 14.0. The van der Waals surface area contributed by atoms with Crippen LogP contribution in [0.3, 0.4) is 0 Å². The molecular formula is C21H42. The van der Waals surface area contributed by atoms with E-state index in [0.29, 0.717) is 0 Å². The lowest BCUT2D eigenvalue weighted by Gasteiger charge is -2.07. The standard InChI is InChI=1S/C21H42/c1-5-6-7-8-12-15-18-21(4)19-16-13-10-9-11-14-17-20(2)3/h20H,4-19H2,1-3H3. The molecule has 0 saturated carbocycles. The number of allylic oxidation sites excluding steroid dienone is 1. The van der Waals surface area contributed by atoms with Gasteiger partial charge in [0.1, 0.15) is 0 Å². The fourth-order valence-electron chi connectivity index (χ4n) is 2.92. The van der Waals surface area contributed by atoms with Crippen LogP contribution in [-0.4, -0.2) is 0 Å². The van der Waals surface area contributed by atoms with Gasteiger partial charge in [0.2, 0.25) is 0 Å². The second-order valence-electron chi connectivity index (χ2n) is 7.32. The summed E-state index contributed by atoms with van der Waals surface area (Å²) in [6.45, 7) is 11.2. The van der Waals surface area contributed by atoms with Gasteiger partial charge in [0.05, 0.1) is 0 Å². The molecule has 0 unspecified atom stereocenters. The number of unbranched alkanes of at least 4 members (excludes halogenated alkanes) is 10. The molecule has 0 aliphatic heterocycles. The van der Waals surface area contributed by atoms with Crippen LogP contribution in [0.5, 0.6) is 0 Å². The topological polar surface area (TPSA) is 0 Å². The molecule has 0 aliphatic carbocycles. The van der Waals surface area contributed by atoms with Crippen LogP contribution in [0.4, 0.5) is 0 Å². The van der Waals surface area contributed by atoms with Gasteiger partial charge in [-0.1, -0.05) is 104 Å².